The monoisotopic (exact) mass is 360 g/mol. The second kappa shape index (κ2) is 6.49. The summed E-state index contributed by atoms with van der Waals surface area (Å²) >= 11 is 0. The minimum absolute atomic E-state index is 0.482. The number of benzene rings is 2. The number of fused-ring (bicyclic) bond motifs is 2. The maximum atomic E-state index is 5.61. The average Bonchev–Trinajstić information content (AvgIpc) is 3.18. The predicted molar refractivity (Wildman–Crippen MR) is 102 cm³/mol. The first-order valence-corrected chi connectivity index (χ1v) is 8.54. The van der Waals surface area contributed by atoms with Crippen LogP contribution in [0.1, 0.15) is 0 Å². The molecule has 0 radical (unpaired) electrons. The lowest BCUT2D eigenvalue weighted by atomic mass is 10.2. The fraction of sp³-hybridized carbons (Fsp3) is 0.105. The van der Waals surface area contributed by atoms with Crippen LogP contribution in [0.15, 0.2) is 54.9 Å². The molecule has 134 valence electrons. The van der Waals surface area contributed by atoms with Crippen molar-refractivity contribution in [1.29, 1.82) is 0 Å². The third kappa shape index (κ3) is 3.08. The highest BCUT2D eigenvalue weighted by Gasteiger charge is 2.12. The van der Waals surface area contributed by atoms with Gasteiger partial charge in [-0.15, -0.1) is 0 Å². The van der Waals surface area contributed by atoms with Crippen LogP contribution in [-0.2, 0) is 0 Å². The molecule has 3 heterocycles. The van der Waals surface area contributed by atoms with Crippen LogP contribution in [-0.4, -0.2) is 33.4 Å². The van der Waals surface area contributed by atoms with E-state index < -0.39 is 0 Å². The largest absolute Gasteiger partial charge is 0.486 e. The van der Waals surface area contributed by atoms with Gasteiger partial charge in [0.25, 0.3) is 0 Å². The molecule has 0 spiro atoms. The van der Waals surface area contributed by atoms with Crippen LogP contribution in [0.3, 0.4) is 0 Å². The number of ether oxygens (including phenoxy) is 2. The summed E-state index contributed by atoms with van der Waals surface area (Å²) in [6, 6.07) is 13.4. The molecule has 1 aliphatic rings. The Morgan fingerprint density at radius 1 is 0.963 bits per heavy atom. The molecular weight excluding hydrogens is 344 g/mol. The fourth-order valence-electron chi connectivity index (χ4n) is 2.95. The molecule has 0 aliphatic carbocycles. The second-order valence-electron chi connectivity index (χ2n) is 6.01. The van der Waals surface area contributed by atoms with E-state index in [-0.39, 0.29) is 0 Å². The summed E-state index contributed by atoms with van der Waals surface area (Å²) < 4.78 is 11.2. The van der Waals surface area contributed by atoms with Crippen LogP contribution in [0.5, 0.6) is 11.5 Å². The zero-order valence-corrected chi connectivity index (χ0v) is 14.3. The van der Waals surface area contributed by atoms with Crippen molar-refractivity contribution in [1.82, 2.24) is 20.2 Å². The first kappa shape index (κ1) is 15.4. The lowest BCUT2D eigenvalue weighted by Gasteiger charge is -2.19. The quantitative estimate of drug-likeness (QED) is 0.511. The summed E-state index contributed by atoms with van der Waals surface area (Å²) in [5.41, 5.74) is 2.71. The van der Waals surface area contributed by atoms with Crippen molar-refractivity contribution in [3.63, 3.8) is 0 Å². The van der Waals surface area contributed by atoms with E-state index in [0.29, 0.717) is 30.7 Å². The Bertz CT molecular complexity index is 1110. The van der Waals surface area contributed by atoms with Gasteiger partial charge in [0.05, 0.1) is 17.4 Å². The Balaban J connectivity index is 1.38. The predicted octanol–water partition coefficient (Wildman–Crippen LogP) is 3.61. The van der Waals surface area contributed by atoms with Crippen molar-refractivity contribution < 1.29 is 9.47 Å². The number of aromatic amines is 1. The Kier molecular flexibility index (Phi) is 3.71. The highest BCUT2D eigenvalue weighted by atomic mass is 16.6. The fourth-order valence-corrected chi connectivity index (χ4v) is 2.95. The van der Waals surface area contributed by atoms with Crippen LogP contribution in [0, 0.1) is 0 Å². The average molecular weight is 360 g/mol. The molecule has 0 saturated heterocycles. The molecule has 8 nitrogen and oxygen atoms in total. The Morgan fingerprint density at radius 2 is 1.89 bits per heavy atom. The third-order valence-corrected chi connectivity index (χ3v) is 4.20. The molecule has 1 aliphatic heterocycles. The van der Waals surface area contributed by atoms with E-state index in [4.69, 9.17) is 9.47 Å². The van der Waals surface area contributed by atoms with Crippen molar-refractivity contribution in [3.8, 4) is 11.5 Å². The van der Waals surface area contributed by atoms with E-state index in [1.807, 2.05) is 42.5 Å². The normalized spacial score (nSPS) is 12.7. The van der Waals surface area contributed by atoms with E-state index >= 15 is 0 Å². The van der Waals surface area contributed by atoms with E-state index in [2.05, 4.69) is 30.8 Å². The van der Waals surface area contributed by atoms with Gasteiger partial charge in [0.1, 0.15) is 19.0 Å². The van der Waals surface area contributed by atoms with Crippen LogP contribution in [0.2, 0.25) is 0 Å². The molecule has 8 heteroatoms. The van der Waals surface area contributed by atoms with Gasteiger partial charge in [0.2, 0.25) is 5.95 Å². The molecule has 0 saturated carbocycles. The molecule has 27 heavy (non-hydrogen) atoms. The third-order valence-electron chi connectivity index (χ3n) is 4.20. The SMILES string of the molecule is c1cc(Nc2ccnc(Nc3ccc4c(c3)OCCO4)n2)c2cn[nH]c2c1. The summed E-state index contributed by atoms with van der Waals surface area (Å²) in [5.74, 6) is 2.62. The molecule has 2 aromatic heterocycles. The maximum absolute atomic E-state index is 5.61. The van der Waals surface area contributed by atoms with Crippen molar-refractivity contribution >= 4 is 34.0 Å². The lowest BCUT2D eigenvalue weighted by molar-refractivity contribution is 0.171. The molecule has 0 unspecified atom stereocenters. The summed E-state index contributed by atoms with van der Waals surface area (Å²) in [7, 11) is 0. The molecule has 3 N–H and O–H groups in total. The highest BCUT2D eigenvalue weighted by molar-refractivity contribution is 5.92. The summed E-state index contributed by atoms with van der Waals surface area (Å²) in [6.07, 6.45) is 3.48. The van der Waals surface area contributed by atoms with E-state index in [0.717, 1.165) is 28.0 Å². The Morgan fingerprint density at radius 3 is 2.85 bits per heavy atom. The number of nitrogens with zero attached hydrogens (tertiary/aromatic N) is 3. The smallest absolute Gasteiger partial charge is 0.229 e. The number of nitrogens with one attached hydrogen (secondary N) is 3. The molecule has 0 bridgehead atoms. The number of aromatic nitrogens is 4. The van der Waals surface area contributed by atoms with Crippen LogP contribution < -0.4 is 20.1 Å². The van der Waals surface area contributed by atoms with Crippen molar-refractivity contribution in [3.05, 3.63) is 54.9 Å². The van der Waals surface area contributed by atoms with Gasteiger partial charge in [0.15, 0.2) is 11.5 Å². The van der Waals surface area contributed by atoms with Gasteiger partial charge >= 0.3 is 0 Å². The van der Waals surface area contributed by atoms with Gasteiger partial charge in [-0.2, -0.15) is 10.1 Å². The number of hydrogen-bond donors (Lipinski definition) is 3. The first-order valence-electron chi connectivity index (χ1n) is 8.54. The van der Waals surface area contributed by atoms with Gasteiger partial charge in [-0.25, -0.2) is 4.98 Å². The van der Waals surface area contributed by atoms with Gasteiger partial charge < -0.3 is 20.1 Å². The molecular formula is C19H16N6O2. The minimum atomic E-state index is 0.482. The number of rotatable bonds is 4. The summed E-state index contributed by atoms with van der Waals surface area (Å²) in [5, 5.41) is 14.5. The first-order chi connectivity index (χ1) is 13.3. The Labute approximate surface area is 154 Å². The standard InChI is InChI=1S/C19H16N6O2/c1-2-14(13-11-21-25-15(13)3-1)23-18-6-7-20-19(24-18)22-12-4-5-16-17(10-12)27-9-8-26-16/h1-7,10-11H,8-9H2,(H,21,25)(H2,20,22,23,24). The van der Waals surface area contributed by atoms with Crippen LogP contribution in [0.25, 0.3) is 10.9 Å². The molecule has 2 aromatic carbocycles. The highest BCUT2D eigenvalue weighted by Crippen LogP contribution is 2.33. The van der Waals surface area contributed by atoms with E-state index in [9.17, 15) is 0 Å². The topological polar surface area (TPSA) is 97.0 Å². The van der Waals surface area contributed by atoms with E-state index in [1.54, 1.807) is 12.4 Å². The molecule has 5 rings (SSSR count). The van der Waals surface area contributed by atoms with Crippen molar-refractivity contribution in [2.45, 2.75) is 0 Å². The number of anilines is 4. The van der Waals surface area contributed by atoms with Gasteiger partial charge in [-0.05, 0) is 30.3 Å². The van der Waals surface area contributed by atoms with Crippen LogP contribution >= 0.6 is 0 Å². The maximum Gasteiger partial charge on any atom is 0.229 e. The summed E-state index contributed by atoms with van der Waals surface area (Å²) in [4.78, 5) is 8.82. The number of H-pyrrole nitrogens is 1. The summed E-state index contributed by atoms with van der Waals surface area (Å²) in [6.45, 7) is 1.12. The second-order valence-corrected chi connectivity index (χ2v) is 6.01. The minimum Gasteiger partial charge on any atom is -0.486 e. The molecule has 0 fully saturated rings. The van der Waals surface area contributed by atoms with Gasteiger partial charge in [-0.1, -0.05) is 6.07 Å². The molecule has 4 aromatic rings. The van der Waals surface area contributed by atoms with Crippen molar-refractivity contribution in [2.24, 2.45) is 0 Å². The van der Waals surface area contributed by atoms with Gasteiger partial charge in [0, 0.05) is 23.3 Å². The Hall–Kier alpha value is -3.81. The van der Waals surface area contributed by atoms with Gasteiger partial charge in [-0.3, -0.25) is 5.10 Å². The number of hydrogen-bond acceptors (Lipinski definition) is 7. The zero-order chi connectivity index (χ0) is 18.1. The molecule has 0 atom stereocenters. The van der Waals surface area contributed by atoms with Crippen LogP contribution in [0.4, 0.5) is 23.1 Å². The zero-order valence-electron chi connectivity index (χ0n) is 14.3. The van der Waals surface area contributed by atoms with E-state index in [1.165, 1.54) is 0 Å². The lowest BCUT2D eigenvalue weighted by Crippen LogP contribution is -2.15. The van der Waals surface area contributed by atoms with Crippen molar-refractivity contribution in [2.75, 3.05) is 23.8 Å². The molecule has 0 amide bonds.